The summed E-state index contributed by atoms with van der Waals surface area (Å²) in [7, 11) is 0. The number of rotatable bonds is 4. The third-order valence-electron chi connectivity index (χ3n) is 4.09. The van der Waals surface area contributed by atoms with E-state index in [0.717, 1.165) is 6.41 Å². The van der Waals surface area contributed by atoms with Gasteiger partial charge in [0, 0.05) is 37.6 Å². The molecule has 0 spiro atoms. The second-order valence-electron chi connectivity index (χ2n) is 5.97. The van der Waals surface area contributed by atoms with Crippen LogP contribution in [0.5, 0.6) is 0 Å². The standard InChI is InChI=1S/C18H18N6O2/c1-13-10-16(17(26)21-15-4-2-14(11-19)3-5-15)22-18(20-13)24-8-6-23(12-25)7-9-24/h2-5,10,12H,6-9H2,1H3,(H,21,26). The van der Waals surface area contributed by atoms with Crippen LogP contribution in [0.4, 0.5) is 11.6 Å². The zero-order valence-electron chi connectivity index (χ0n) is 14.3. The molecule has 1 N–H and O–H groups in total. The van der Waals surface area contributed by atoms with Gasteiger partial charge in [-0.3, -0.25) is 9.59 Å². The fraction of sp³-hybridized carbons (Fsp3) is 0.278. The highest BCUT2D eigenvalue weighted by Gasteiger charge is 2.20. The Bertz CT molecular complexity index is 851. The van der Waals surface area contributed by atoms with Crippen molar-refractivity contribution in [1.29, 1.82) is 5.26 Å². The molecule has 1 aliphatic rings. The number of benzene rings is 1. The molecule has 0 radical (unpaired) electrons. The monoisotopic (exact) mass is 350 g/mol. The molecule has 1 aromatic carbocycles. The van der Waals surface area contributed by atoms with E-state index in [1.165, 1.54) is 0 Å². The molecule has 0 aliphatic carbocycles. The third-order valence-corrected chi connectivity index (χ3v) is 4.09. The van der Waals surface area contributed by atoms with Crippen molar-refractivity contribution in [1.82, 2.24) is 14.9 Å². The summed E-state index contributed by atoms with van der Waals surface area (Å²) in [6, 6.07) is 10.3. The van der Waals surface area contributed by atoms with Crippen LogP contribution < -0.4 is 10.2 Å². The topological polar surface area (TPSA) is 102 Å². The maximum absolute atomic E-state index is 12.5. The fourth-order valence-corrected chi connectivity index (χ4v) is 2.66. The molecule has 132 valence electrons. The molecule has 8 heteroatoms. The molecule has 8 nitrogen and oxygen atoms in total. The van der Waals surface area contributed by atoms with Crippen LogP contribution >= 0.6 is 0 Å². The van der Waals surface area contributed by atoms with Gasteiger partial charge in [-0.05, 0) is 37.3 Å². The van der Waals surface area contributed by atoms with Gasteiger partial charge in [0.05, 0.1) is 11.6 Å². The molecule has 2 heterocycles. The zero-order valence-corrected chi connectivity index (χ0v) is 14.3. The summed E-state index contributed by atoms with van der Waals surface area (Å²) in [6.07, 6.45) is 0.838. The summed E-state index contributed by atoms with van der Waals surface area (Å²) in [5.41, 5.74) is 2.08. The summed E-state index contributed by atoms with van der Waals surface area (Å²) in [4.78, 5) is 35.8. The van der Waals surface area contributed by atoms with Crippen molar-refractivity contribution >= 4 is 24.0 Å². The number of carbonyl (C=O) groups is 2. The predicted octanol–water partition coefficient (Wildman–Crippen LogP) is 1.19. The Labute approximate surface area is 151 Å². The number of carbonyl (C=O) groups excluding carboxylic acids is 2. The van der Waals surface area contributed by atoms with Crippen molar-refractivity contribution in [3.8, 4) is 6.07 Å². The Kier molecular flexibility index (Phi) is 5.08. The molecule has 0 atom stereocenters. The van der Waals surface area contributed by atoms with Gasteiger partial charge in [-0.25, -0.2) is 9.97 Å². The lowest BCUT2D eigenvalue weighted by molar-refractivity contribution is -0.118. The Hall–Kier alpha value is -3.47. The molecule has 2 aromatic rings. The molecule has 1 fully saturated rings. The number of nitrogens with one attached hydrogen (secondary N) is 1. The first-order chi connectivity index (χ1) is 12.6. The maximum Gasteiger partial charge on any atom is 0.274 e. The number of aryl methyl sites for hydroxylation is 1. The molecule has 1 aromatic heterocycles. The third kappa shape index (κ3) is 3.95. The molecule has 1 aliphatic heterocycles. The Morgan fingerprint density at radius 3 is 2.50 bits per heavy atom. The van der Waals surface area contributed by atoms with Crippen LogP contribution in [-0.4, -0.2) is 53.4 Å². The Balaban J connectivity index is 1.75. The number of hydrogen-bond donors (Lipinski definition) is 1. The van der Waals surface area contributed by atoms with Crippen LogP contribution in [0.1, 0.15) is 21.7 Å². The van der Waals surface area contributed by atoms with E-state index in [0.29, 0.717) is 49.1 Å². The lowest BCUT2D eigenvalue weighted by atomic mass is 10.2. The minimum Gasteiger partial charge on any atom is -0.342 e. The minimum absolute atomic E-state index is 0.273. The van der Waals surface area contributed by atoms with Gasteiger partial charge in [-0.2, -0.15) is 5.26 Å². The maximum atomic E-state index is 12.5. The second-order valence-corrected chi connectivity index (χ2v) is 5.97. The van der Waals surface area contributed by atoms with E-state index in [4.69, 9.17) is 5.26 Å². The predicted molar refractivity (Wildman–Crippen MR) is 95.7 cm³/mol. The number of nitriles is 1. The second kappa shape index (κ2) is 7.61. The summed E-state index contributed by atoms with van der Waals surface area (Å²) >= 11 is 0. The number of anilines is 2. The van der Waals surface area contributed by atoms with Crippen LogP contribution in [0.15, 0.2) is 30.3 Å². The van der Waals surface area contributed by atoms with Crippen molar-refractivity contribution in [2.75, 3.05) is 36.4 Å². The Morgan fingerprint density at radius 1 is 1.19 bits per heavy atom. The van der Waals surface area contributed by atoms with Crippen molar-refractivity contribution < 1.29 is 9.59 Å². The first-order valence-corrected chi connectivity index (χ1v) is 8.20. The molecule has 0 bridgehead atoms. The van der Waals surface area contributed by atoms with E-state index in [1.807, 2.05) is 17.9 Å². The molecule has 3 rings (SSSR count). The van der Waals surface area contributed by atoms with E-state index in [1.54, 1.807) is 35.2 Å². The number of amides is 2. The quantitative estimate of drug-likeness (QED) is 0.831. The number of aromatic nitrogens is 2. The summed E-state index contributed by atoms with van der Waals surface area (Å²) in [5, 5.41) is 11.6. The normalized spacial score (nSPS) is 13.8. The molecular formula is C18H18N6O2. The van der Waals surface area contributed by atoms with Gasteiger partial charge in [0.1, 0.15) is 5.69 Å². The van der Waals surface area contributed by atoms with Gasteiger partial charge in [-0.15, -0.1) is 0 Å². The average molecular weight is 350 g/mol. The zero-order chi connectivity index (χ0) is 18.5. The molecule has 1 saturated heterocycles. The van der Waals surface area contributed by atoms with Crippen LogP contribution in [0.2, 0.25) is 0 Å². The van der Waals surface area contributed by atoms with Crippen LogP contribution in [0.3, 0.4) is 0 Å². The number of hydrogen-bond acceptors (Lipinski definition) is 6. The highest BCUT2D eigenvalue weighted by Crippen LogP contribution is 2.15. The van der Waals surface area contributed by atoms with E-state index in [9.17, 15) is 9.59 Å². The molecule has 2 amide bonds. The summed E-state index contributed by atoms with van der Waals surface area (Å²) in [6.45, 7) is 4.27. The van der Waals surface area contributed by atoms with E-state index in [2.05, 4.69) is 15.3 Å². The lowest BCUT2D eigenvalue weighted by Crippen LogP contribution is -2.46. The van der Waals surface area contributed by atoms with Gasteiger partial charge in [-0.1, -0.05) is 0 Å². The van der Waals surface area contributed by atoms with Crippen LogP contribution in [0, 0.1) is 18.3 Å². The van der Waals surface area contributed by atoms with E-state index < -0.39 is 0 Å². The fourth-order valence-electron chi connectivity index (χ4n) is 2.66. The highest BCUT2D eigenvalue weighted by molar-refractivity contribution is 6.03. The SMILES string of the molecule is Cc1cc(C(=O)Nc2ccc(C#N)cc2)nc(N2CCN(C=O)CC2)n1. The molecule has 26 heavy (non-hydrogen) atoms. The molecule has 0 unspecified atom stereocenters. The summed E-state index contributed by atoms with van der Waals surface area (Å²) in [5.74, 6) is 0.147. The Morgan fingerprint density at radius 2 is 1.88 bits per heavy atom. The highest BCUT2D eigenvalue weighted by atomic mass is 16.2. The van der Waals surface area contributed by atoms with Crippen molar-refractivity contribution in [3.63, 3.8) is 0 Å². The van der Waals surface area contributed by atoms with Gasteiger partial charge < -0.3 is 15.1 Å². The number of piperazine rings is 1. The first-order valence-electron chi connectivity index (χ1n) is 8.20. The van der Waals surface area contributed by atoms with Crippen molar-refractivity contribution in [2.45, 2.75) is 6.92 Å². The lowest BCUT2D eigenvalue weighted by Gasteiger charge is -2.32. The van der Waals surface area contributed by atoms with Gasteiger partial charge in [0.15, 0.2) is 0 Å². The van der Waals surface area contributed by atoms with Crippen LogP contribution in [0.25, 0.3) is 0 Å². The average Bonchev–Trinajstić information content (AvgIpc) is 2.68. The van der Waals surface area contributed by atoms with E-state index in [-0.39, 0.29) is 11.6 Å². The van der Waals surface area contributed by atoms with Gasteiger partial charge in [0.2, 0.25) is 12.4 Å². The molecule has 0 saturated carbocycles. The summed E-state index contributed by atoms with van der Waals surface area (Å²) < 4.78 is 0. The smallest absolute Gasteiger partial charge is 0.274 e. The van der Waals surface area contributed by atoms with Gasteiger partial charge in [0.25, 0.3) is 5.91 Å². The largest absolute Gasteiger partial charge is 0.342 e. The minimum atomic E-state index is -0.340. The van der Waals surface area contributed by atoms with E-state index >= 15 is 0 Å². The number of nitrogens with zero attached hydrogens (tertiary/aromatic N) is 5. The first kappa shape index (κ1) is 17.4. The van der Waals surface area contributed by atoms with Gasteiger partial charge >= 0.3 is 0 Å². The molecular weight excluding hydrogens is 332 g/mol. The van der Waals surface area contributed by atoms with Crippen molar-refractivity contribution in [3.05, 3.63) is 47.3 Å². The van der Waals surface area contributed by atoms with Crippen LogP contribution in [-0.2, 0) is 4.79 Å². The van der Waals surface area contributed by atoms with Crippen molar-refractivity contribution in [2.24, 2.45) is 0 Å².